The molecule has 0 saturated heterocycles. The first-order valence-corrected chi connectivity index (χ1v) is 4.44. The van der Waals surface area contributed by atoms with E-state index in [1.807, 2.05) is 6.07 Å². The van der Waals surface area contributed by atoms with Gasteiger partial charge in [0.05, 0.1) is 11.6 Å². The van der Waals surface area contributed by atoms with Crippen LogP contribution in [-0.4, -0.2) is 4.98 Å². The number of hydrogen-bond donors (Lipinski definition) is 0. The summed E-state index contributed by atoms with van der Waals surface area (Å²) >= 11 is 0. The highest BCUT2D eigenvalue weighted by Gasteiger charge is 2.06. The van der Waals surface area contributed by atoms with Gasteiger partial charge >= 0.3 is 0 Å². The summed E-state index contributed by atoms with van der Waals surface area (Å²) in [6.45, 7) is 0. The van der Waals surface area contributed by atoms with Crippen LogP contribution in [0.3, 0.4) is 0 Å². The van der Waals surface area contributed by atoms with Crippen LogP contribution in [0.5, 0.6) is 5.75 Å². The van der Waals surface area contributed by atoms with Gasteiger partial charge in [-0.05, 0) is 24.3 Å². The second-order valence-electron chi connectivity index (χ2n) is 3.04. The average molecular weight is 195 g/mol. The van der Waals surface area contributed by atoms with Crippen molar-refractivity contribution in [2.45, 2.75) is 0 Å². The first-order valence-electron chi connectivity index (χ1n) is 4.44. The van der Waals surface area contributed by atoms with E-state index in [0.29, 0.717) is 16.8 Å². The van der Waals surface area contributed by atoms with Crippen molar-refractivity contribution in [3.8, 4) is 23.1 Å². The average Bonchev–Trinajstić information content (AvgIpc) is 2.30. The summed E-state index contributed by atoms with van der Waals surface area (Å²) in [4.78, 5) is 4.00. The molecule has 1 aromatic carbocycles. The third-order valence-electron chi connectivity index (χ3n) is 2.04. The zero-order valence-electron chi connectivity index (χ0n) is 7.84. The minimum Gasteiger partial charge on any atom is -0.288 e. The minimum absolute atomic E-state index is 0.132. The molecule has 3 heteroatoms. The summed E-state index contributed by atoms with van der Waals surface area (Å²) in [5.74, 6) is -0.132. The Kier molecular flexibility index (Phi) is 2.34. The van der Waals surface area contributed by atoms with Gasteiger partial charge in [0.1, 0.15) is 5.69 Å². The van der Waals surface area contributed by atoms with E-state index in [-0.39, 0.29) is 5.75 Å². The summed E-state index contributed by atoms with van der Waals surface area (Å²) in [7, 11) is 0. The smallest absolute Gasteiger partial charge is 0.204 e. The topological polar surface area (TPSA) is 56.6 Å². The van der Waals surface area contributed by atoms with Crippen LogP contribution in [0.4, 0.5) is 0 Å². The van der Waals surface area contributed by atoms with E-state index in [1.54, 1.807) is 36.5 Å². The molecule has 0 unspecified atom stereocenters. The van der Waals surface area contributed by atoms with E-state index in [0.717, 1.165) is 0 Å². The lowest BCUT2D eigenvalue weighted by Crippen LogP contribution is -1.83. The first kappa shape index (κ1) is 9.22. The second kappa shape index (κ2) is 3.81. The Balaban J connectivity index is 2.55. The lowest BCUT2D eigenvalue weighted by Gasteiger charge is -2.00. The maximum Gasteiger partial charge on any atom is 0.204 e. The van der Waals surface area contributed by atoms with E-state index in [1.165, 1.54) is 6.07 Å². The Morgan fingerprint density at radius 3 is 2.80 bits per heavy atom. The number of nitrogens with zero attached hydrogens (tertiary/aromatic N) is 2. The Bertz CT molecular complexity index is 529. The number of aromatic nitrogens is 1. The van der Waals surface area contributed by atoms with Gasteiger partial charge in [-0.3, -0.25) is 10.1 Å². The van der Waals surface area contributed by atoms with Gasteiger partial charge in [0, 0.05) is 11.8 Å². The van der Waals surface area contributed by atoms with E-state index in [9.17, 15) is 5.11 Å². The highest BCUT2D eigenvalue weighted by Crippen LogP contribution is 2.26. The summed E-state index contributed by atoms with van der Waals surface area (Å²) in [6, 6.07) is 11.9. The van der Waals surface area contributed by atoms with Gasteiger partial charge in [0.2, 0.25) is 5.75 Å². The first-order chi connectivity index (χ1) is 7.31. The van der Waals surface area contributed by atoms with Gasteiger partial charge in [-0.1, -0.05) is 12.1 Å². The van der Waals surface area contributed by atoms with Crippen LogP contribution in [0.15, 0.2) is 42.6 Å². The van der Waals surface area contributed by atoms with Gasteiger partial charge in [-0.15, -0.1) is 0 Å². The molecule has 0 spiro atoms. The van der Waals surface area contributed by atoms with Crippen molar-refractivity contribution in [2.75, 3.05) is 0 Å². The monoisotopic (exact) mass is 195 g/mol. The van der Waals surface area contributed by atoms with Crippen LogP contribution >= 0.6 is 0 Å². The molecule has 1 radical (unpaired) electrons. The number of pyridine rings is 1. The van der Waals surface area contributed by atoms with E-state index in [2.05, 4.69) is 4.98 Å². The SMILES string of the molecule is N#Cc1cccc(-c2ncccc2[O])c1. The molecule has 0 aliphatic rings. The Morgan fingerprint density at radius 2 is 2.07 bits per heavy atom. The Morgan fingerprint density at radius 1 is 1.20 bits per heavy atom. The fourth-order valence-electron chi connectivity index (χ4n) is 1.34. The molecule has 3 nitrogen and oxygen atoms in total. The summed E-state index contributed by atoms with van der Waals surface area (Å²) in [6.07, 6.45) is 1.57. The molecule has 2 rings (SSSR count). The van der Waals surface area contributed by atoms with E-state index >= 15 is 0 Å². The summed E-state index contributed by atoms with van der Waals surface area (Å²) in [5.41, 5.74) is 1.59. The normalized spacial score (nSPS) is 9.53. The molecule has 71 valence electrons. The molecule has 1 aromatic heterocycles. The fraction of sp³-hybridized carbons (Fsp3) is 0. The van der Waals surface area contributed by atoms with Crippen LogP contribution in [0, 0.1) is 11.3 Å². The van der Waals surface area contributed by atoms with Crippen molar-refractivity contribution in [3.63, 3.8) is 0 Å². The van der Waals surface area contributed by atoms with Crippen LogP contribution in [-0.2, 0) is 5.11 Å². The molecule has 0 aliphatic carbocycles. The molecule has 0 aliphatic heterocycles. The van der Waals surface area contributed by atoms with Crippen molar-refractivity contribution < 1.29 is 5.11 Å². The lowest BCUT2D eigenvalue weighted by atomic mass is 10.1. The quantitative estimate of drug-likeness (QED) is 0.702. The second-order valence-corrected chi connectivity index (χ2v) is 3.04. The molecule has 0 atom stereocenters. The van der Waals surface area contributed by atoms with Gasteiger partial charge in [-0.25, -0.2) is 0 Å². The molecule has 0 bridgehead atoms. The molecule has 1 heterocycles. The van der Waals surface area contributed by atoms with Crippen molar-refractivity contribution in [1.29, 1.82) is 5.26 Å². The Labute approximate surface area is 87.3 Å². The molecule has 0 amide bonds. The molecule has 2 aromatic rings. The maximum absolute atomic E-state index is 11.5. The number of nitriles is 1. The molecular formula is C12H7N2O. The van der Waals surface area contributed by atoms with Gasteiger partial charge in [-0.2, -0.15) is 5.26 Å². The van der Waals surface area contributed by atoms with Crippen LogP contribution < -0.4 is 0 Å². The largest absolute Gasteiger partial charge is 0.288 e. The molecule has 0 saturated carbocycles. The lowest BCUT2D eigenvalue weighted by molar-refractivity contribution is 0.355. The summed E-state index contributed by atoms with van der Waals surface area (Å²) < 4.78 is 0. The number of rotatable bonds is 1. The van der Waals surface area contributed by atoms with Gasteiger partial charge in [0.15, 0.2) is 0 Å². The Hall–Kier alpha value is -2.34. The molecular weight excluding hydrogens is 188 g/mol. The third kappa shape index (κ3) is 1.79. The van der Waals surface area contributed by atoms with Crippen molar-refractivity contribution >= 4 is 0 Å². The molecule has 0 fully saturated rings. The van der Waals surface area contributed by atoms with Crippen molar-refractivity contribution in [3.05, 3.63) is 48.2 Å². The molecule has 0 N–H and O–H groups in total. The highest BCUT2D eigenvalue weighted by atomic mass is 16.3. The minimum atomic E-state index is -0.132. The van der Waals surface area contributed by atoms with E-state index < -0.39 is 0 Å². The maximum atomic E-state index is 11.5. The zero-order chi connectivity index (χ0) is 10.7. The van der Waals surface area contributed by atoms with Crippen LogP contribution in [0.2, 0.25) is 0 Å². The summed E-state index contributed by atoms with van der Waals surface area (Å²) in [5, 5.41) is 20.2. The molecule has 15 heavy (non-hydrogen) atoms. The van der Waals surface area contributed by atoms with Gasteiger partial charge < -0.3 is 0 Å². The van der Waals surface area contributed by atoms with Crippen molar-refractivity contribution in [1.82, 2.24) is 4.98 Å². The highest BCUT2D eigenvalue weighted by molar-refractivity contribution is 5.66. The van der Waals surface area contributed by atoms with Gasteiger partial charge in [0.25, 0.3) is 0 Å². The third-order valence-corrected chi connectivity index (χ3v) is 2.04. The van der Waals surface area contributed by atoms with Crippen molar-refractivity contribution in [2.24, 2.45) is 0 Å². The predicted octanol–water partition coefficient (Wildman–Crippen LogP) is 2.76. The van der Waals surface area contributed by atoms with Crippen LogP contribution in [0.25, 0.3) is 11.3 Å². The fourth-order valence-corrected chi connectivity index (χ4v) is 1.34. The number of benzene rings is 1. The zero-order valence-corrected chi connectivity index (χ0v) is 7.84. The standard InChI is InChI=1S/C12H7N2O/c13-8-9-3-1-4-10(7-9)12-11(15)5-2-6-14-12/h1-7H. The van der Waals surface area contributed by atoms with Crippen LogP contribution in [0.1, 0.15) is 5.56 Å². The number of hydrogen-bond acceptors (Lipinski definition) is 2. The predicted molar refractivity (Wildman–Crippen MR) is 54.5 cm³/mol. The van der Waals surface area contributed by atoms with E-state index in [4.69, 9.17) is 5.26 Å².